The maximum Gasteiger partial charge on any atom is 0.339 e. The van der Waals surface area contributed by atoms with Crippen LogP contribution in [-0.2, 0) is 11.3 Å². The number of nitrogens with one attached hydrogen (secondary N) is 1. The number of benzene rings is 2. The van der Waals surface area contributed by atoms with Gasteiger partial charge in [-0.05, 0) is 31.2 Å². The first-order valence-corrected chi connectivity index (χ1v) is 6.76. The SMILES string of the molecule is COC(=O)c1ccc(Cl)cc1NCc1cc(C)ccc1F. The van der Waals surface area contributed by atoms with Crippen LogP contribution in [0.15, 0.2) is 36.4 Å². The van der Waals surface area contributed by atoms with Gasteiger partial charge < -0.3 is 10.1 Å². The van der Waals surface area contributed by atoms with E-state index in [-0.39, 0.29) is 12.4 Å². The molecule has 2 aromatic rings. The van der Waals surface area contributed by atoms with E-state index in [9.17, 15) is 9.18 Å². The monoisotopic (exact) mass is 307 g/mol. The molecule has 21 heavy (non-hydrogen) atoms. The lowest BCUT2D eigenvalue weighted by Gasteiger charge is -2.12. The van der Waals surface area contributed by atoms with Crippen LogP contribution in [0.4, 0.5) is 10.1 Å². The summed E-state index contributed by atoms with van der Waals surface area (Å²) in [5.74, 6) is -0.770. The fourth-order valence-electron chi connectivity index (χ4n) is 1.98. The fourth-order valence-corrected chi connectivity index (χ4v) is 2.15. The summed E-state index contributed by atoms with van der Waals surface area (Å²) in [5, 5.41) is 3.51. The molecule has 3 nitrogen and oxygen atoms in total. The number of anilines is 1. The van der Waals surface area contributed by atoms with Crippen molar-refractivity contribution < 1.29 is 13.9 Å². The molecule has 0 heterocycles. The van der Waals surface area contributed by atoms with Gasteiger partial charge in [-0.1, -0.05) is 29.3 Å². The normalized spacial score (nSPS) is 10.3. The van der Waals surface area contributed by atoms with Crippen LogP contribution in [0.1, 0.15) is 21.5 Å². The molecule has 0 fully saturated rings. The molecule has 5 heteroatoms. The maximum atomic E-state index is 13.7. The number of hydrogen-bond donors (Lipinski definition) is 1. The second-order valence-electron chi connectivity index (χ2n) is 4.63. The topological polar surface area (TPSA) is 38.3 Å². The Kier molecular flexibility index (Phi) is 4.81. The van der Waals surface area contributed by atoms with E-state index < -0.39 is 5.97 Å². The van der Waals surface area contributed by atoms with Crippen molar-refractivity contribution in [1.82, 2.24) is 0 Å². The summed E-state index contributed by atoms with van der Waals surface area (Å²) in [6, 6.07) is 9.67. The number of methoxy groups -OCH3 is 1. The van der Waals surface area contributed by atoms with E-state index in [2.05, 4.69) is 5.32 Å². The predicted octanol–water partition coefficient (Wildman–Crippen LogP) is 4.19. The molecule has 1 N–H and O–H groups in total. The third-order valence-corrected chi connectivity index (χ3v) is 3.29. The molecule has 2 rings (SSSR count). The predicted molar refractivity (Wildman–Crippen MR) is 81.3 cm³/mol. The van der Waals surface area contributed by atoms with Gasteiger partial charge in [0.25, 0.3) is 0 Å². The molecule has 0 amide bonds. The van der Waals surface area contributed by atoms with Gasteiger partial charge in [0.15, 0.2) is 0 Å². The third-order valence-electron chi connectivity index (χ3n) is 3.06. The Labute approximate surface area is 127 Å². The van der Waals surface area contributed by atoms with Crippen LogP contribution in [0.25, 0.3) is 0 Å². The van der Waals surface area contributed by atoms with Crippen LogP contribution < -0.4 is 5.32 Å². The fraction of sp³-hybridized carbons (Fsp3) is 0.188. The summed E-state index contributed by atoms with van der Waals surface area (Å²) in [7, 11) is 1.31. The highest BCUT2D eigenvalue weighted by molar-refractivity contribution is 6.31. The number of hydrogen-bond acceptors (Lipinski definition) is 3. The van der Waals surface area contributed by atoms with Gasteiger partial charge in [-0.3, -0.25) is 0 Å². The van der Waals surface area contributed by atoms with Gasteiger partial charge in [-0.2, -0.15) is 0 Å². The van der Waals surface area contributed by atoms with Gasteiger partial charge >= 0.3 is 5.97 Å². The summed E-state index contributed by atoms with van der Waals surface area (Å²) in [6.07, 6.45) is 0. The van der Waals surface area contributed by atoms with Crippen LogP contribution in [0.2, 0.25) is 5.02 Å². The second kappa shape index (κ2) is 6.59. The van der Waals surface area contributed by atoms with Crippen molar-refractivity contribution >= 4 is 23.3 Å². The van der Waals surface area contributed by atoms with E-state index in [1.54, 1.807) is 30.3 Å². The number of carbonyl (C=O) groups is 1. The number of carbonyl (C=O) groups excluding carboxylic acids is 1. The van der Waals surface area contributed by atoms with Gasteiger partial charge in [0.2, 0.25) is 0 Å². The van der Waals surface area contributed by atoms with Crippen LogP contribution >= 0.6 is 11.6 Å². The first-order chi connectivity index (χ1) is 10.0. The lowest BCUT2D eigenvalue weighted by Crippen LogP contribution is -2.09. The molecular formula is C16H15ClFNO2. The minimum atomic E-state index is -0.473. The molecule has 0 aliphatic heterocycles. The Morgan fingerprint density at radius 3 is 2.76 bits per heavy atom. The standard InChI is InChI=1S/C16H15ClFNO2/c1-10-3-6-14(18)11(7-10)9-19-15-8-12(17)4-5-13(15)16(20)21-2/h3-8,19H,9H2,1-2H3. The number of aryl methyl sites for hydroxylation is 1. The average molecular weight is 308 g/mol. The number of esters is 1. The molecule has 0 aromatic heterocycles. The van der Waals surface area contributed by atoms with Crippen molar-refractivity contribution in [2.24, 2.45) is 0 Å². The van der Waals surface area contributed by atoms with Crippen LogP contribution in [0.3, 0.4) is 0 Å². The lowest BCUT2D eigenvalue weighted by molar-refractivity contribution is 0.0602. The number of ether oxygens (including phenoxy) is 1. The van der Waals surface area contributed by atoms with E-state index in [0.29, 0.717) is 21.8 Å². The van der Waals surface area contributed by atoms with E-state index in [4.69, 9.17) is 16.3 Å². The smallest absolute Gasteiger partial charge is 0.339 e. The first kappa shape index (κ1) is 15.3. The van der Waals surface area contributed by atoms with Crippen molar-refractivity contribution in [1.29, 1.82) is 0 Å². The Hall–Kier alpha value is -2.07. The summed E-state index contributed by atoms with van der Waals surface area (Å²) < 4.78 is 18.4. The average Bonchev–Trinajstić information content (AvgIpc) is 2.47. The van der Waals surface area contributed by atoms with Gasteiger partial charge in [0.1, 0.15) is 5.82 Å². The third kappa shape index (κ3) is 3.73. The van der Waals surface area contributed by atoms with Gasteiger partial charge in [0, 0.05) is 17.1 Å². The zero-order valence-electron chi connectivity index (χ0n) is 11.7. The molecule has 0 saturated heterocycles. The zero-order chi connectivity index (χ0) is 15.4. The lowest BCUT2D eigenvalue weighted by atomic mass is 10.1. The minimum absolute atomic E-state index is 0.248. The molecule has 0 aliphatic carbocycles. The van der Waals surface area contributed by atoms with Crippen molar-refractivity contribution in [2.45, 2.75) is 13.5 Å². The van der Waals surface area contributed by atoms with Crippen LogP contribution in [0.5, 0.6) is 0 Å². The molecule has 0 aliphatic rings. The highest BCUT2D eigenvalue weighted by Crippen LogP contribution is 2.23. The summed E-state index contributed by atoms with van der Waals surface area (Å²) in [4.78, 5) is 11.7. The maximum absolute atomic E-state index is 13.7. The van der Waals surface area contributed by atoms with E-state index in [0.717, 1.165) is 5.56 Å². The molecule has 2 aromatic carbocycles. The number of rotatable bonds is 4. The summed E-state index contributed by atoms with van der Waals surface area (Å²) in [5.41, 5.74) is 2.35. The van der Waals surface area contributed by atoms with Crippen molar-refractivity contribution in [3.8, 4) is 0 Å². The Bertz CT molecular complexity index is 673. The molecule has 0 unspecified atom stereocenters. The largest absolute Gasteiger partial charge is 0.465 e. The molecule has 0 atom stereocenters. The Morgan fingerprint density at radius 1 is 1.29 bits per heavy atom. The van der Waals surface area contributed by atoms with E-state index in [1.165, 1.54) is 13.2 Å². The zero-order valence-corrected chi connectivity index (χ0v) is 12.5. The first-order valence-electron chi connectivity index (χ1n) is 6.38. The van der Waals surface area contributed by atoms with Crippen molar-refractivity contribution in [3.63, 3.8) is 0 Å². The van der Waals surface area contributed by atoms with Gasteiger partial charge in [-0.25, -0.2) is 9.18 Å². The van der Waals surface area contributed by atoms with Crippen LogP contribution in [0, 0.1) is 12.7 Å². The molecule has 0 bridgehead atoms. The number of halogens is 2. The summed E-state index contributed by atoms with van der Waals surface area (Å²) >= 11 is 5.94. The highest BCUT2D eigenvalue weighted by atomic mass is 35.5. The minimum Gasteiger partial charge on any atom is -0.465 e. The van der Waals surface area contributed by atoms with Gasteiger partial charge in [-0.15, -0.1) is 0 Å². The van der Waals surface area contributed by atoms with E-state index in [1.807, 2.05) is 6.92 Å². The molecule has 0 saturated carbocycles. The Balaban J connectivity index is 2.25. The molecular weight excluding hydrogens is 293 g/mol. The van der Waals surface area contributed by atoms with Crippen molar-refractivity contribution in [3.05, 3.63) is 63.9 Å². The molecule has 0 spiro atoms. The molecule has 0 radical (unpaired) electrons. The summed E-state index contributed by atoms with van der Waals surface area (Å²) in [6.45, 7) is 2.14. The molecule has 110 valence electrons. The van der Waals surface area contributed by atoms with E-state index >= 15 is 0 Å². The Morgan fingerprint density at radius 2 is 2.05 bits per heavy atom. The van der Waals surface area contributed by atoms with Gasteiger partial charge in [0.05, 0.1) is 18.4 Å². The second-order valence-corrected chi connectivity index (χ2v) is 5.07. The quantitative estimate of drug-likeness (QED) is 0.861. The van der Waals surface area contributed by atoms with Crippen LogP contribution in [-0.4, -0.2) is 13.1 Å². The van der Waals surface area contributed by atoms with Crippen molar-refractivity contribution in [2.75, 3.05) is 12.4 Å². The highest BCUT2D eigenvalue weighted by Gasteiger charge is 2.12.